The van der Waals surface area contributed by atoms with Gasteiger partial charge in [0, 0.05) is 96.5 Å². The van der Waals surface area contributed by atoms with Crippen molar-refractivity contribution in [2.75, 3.05) is 78.8 Å². The van der Waals surface area contributed by atoms with Crippen molar-refractivity contribution in [2.45, 2.75) is 393 Å². The van der Waals surface area contributed by atoms with Crippen molar-refractivity contribution in [3.63, 3.8) is 0 Å². The largest absolute Gasteiger partial charge is 0.370 e. The molecule has 710 valence electrons. The summed E-state index contributed by atoms with van der Waals surface area (Å²) in [5, 5.41) is 42.4. The van der Waals surface area contributed by atoms with Crippen molar-refractivity contribution in [1.82, 2.24) is 75.5 Å². The lowest BCUT2D eigenvalue weighted by Gasteiger charge is -2.22. The lowest BCUT2D eigenvalue weighted by atomic mass is 10.1. The van der Waals surface area contributed by atoms with Crippen LogP contribution in [0.1, 0.15) is 374 Å². The second kappa shape index (κ2) is 90.0. The van der Waals surface area contributed by atoms with Crippen LogP contribution in [0.15, 0.2) is 25.4 Å². The summed E-state index contributed by atoms with van der Waals surface area (Å²) in [6.45, 7) is 7.23. The van der Waals surface area contributed by atoms with E-state index in [1.165, 1.54) is 231 Å². The van der Waals surface area contributed by atoms with Crippen molar-refractivity contribution in [2.24, 2.45) is 36.9 Å². The number of nitrogens with zero attached hydrogens (tertiary/aromatic N) is 5. The van der Waals surface area contributed by atoms with Gasteiger partial charge in [-0.05, 0) is 70.6 Å². The van der Waals surface area contributed by atoms with Crippen molar-refractivity contribution < 1.29 is 67.3 Å². The van der Waals surface area contributed by atoms with Crippen LogP contribution in [0.25, 0.3) is 0 Å². The molecule has 123 heavy (non-hydrogen) atoms. The number of hydrogen-bond acceptors (Lipinski definition) is 23. The molecule has 0 aromatic carbocycles. The van der Waals surface area contributed by atoms with E-state index >= 15 is 0 Å². The molecule has 35 heteroatoms. The fourth-order valence-corrected chi connectivity index (χ4v) is 13.1. The number of unbranched alkanes of at least 4 members (excludes halogenated alkanes) is 44. The molecule has 0 aliphatic rings. The molecule has 0 fully saturated rings. The summed E-state index contributed by atoms with van der Waals surface area (Å²) < 4.78 is 0. The zero-order chi connectivity index (χ0) is 89.8. The molecular weight excluding hydrogens is 1580 g/mol. The molecule has 0 aromatic heterocycles. The van der Waals surface area contributed by atoms with E-state index in [1.54, 1.807) is 24.9 Å². The molecule has 3 atom stereocenters. The van der Waals surface area contributed by atoms with Gasteiger partial charge < -0.3 is 64.6 Å². The smallest absolute Gasteiger partial charge is 0.248 e. The minimum absolute atomic E-state index is 0.00228. The molecule has 35 nitrogen and oxygen atoms in total. The SMILES string of the molecule is CCCCCCCCCCCCC/C=N/NOCC(=O)NCCNC(=O)CC[C@H](NC(=O)CC[C@H](N=C(N)N)C(=O)N[C@@H](CCC(=O)NCCNC(=O)CON/N=C/CCCCCCCCCCCCC)C(=O)NCCNC(=O)CON/N=C/CCCCCCCCCCCCC)C(=O)NCCNC(=O)CON/N=C/CCCCCCCCCCCCC. The Morgan fingerprint density at radius 3 is 0.732 bits per heavy atom. The molecule has 10 amide bonds. The van der Waals surface area contributed by atoms with Gasteiger partial charge in [0.05, 0.1) is 0 Å². The Balaban J connectivity index is 5.86. The highest BCUT2D eigenvalue weighted by Crippen LogP contribution is 2.17. The molecular formula is C88H169N21O14. The van der Waals surface area contributed by atoms with Gasteiger partial charge in [0.15, 0.2) is 32.4 Å². The topological polar surface area (TPSA) is 490 Å². The van der Waals surface area contributed by atoms with Gasteiger partial charge in [-0.1, -0.05) is 285 Å². The number of rotatable bonds is 91. The van der Waals surface area contributed by atoms with Gasteiger partial charge in [-0.15, -0.1) is 0 Å². The summed E-state index contributed by atoms with van der Waals surface area (Å²) in [4.78, 5) is 157. The standard InChI is InChI=1S/C88H169N21O14/c1-5-9-13-17-21-25-29-33-37-41-45-49-59-99-106-120-71-81(113)93-65-63-91-78(110)56-53-75(85(117)97-69-67-95-83(115)73-122-108-101-61-51-47-43-39-35-31-27-23-19-15-11-7-3)103-80(112)58-55-77(105-88(89)90)87(119)104-76(86(118)98-70-68-96-84(116)74-123-109-102-62-52-48-44-40-36-32-28-24-20-16-12-8-4)54-57-79(111)92-64-66-94-82(114)72-121-107-100-60-50-46-42-38-34-30-26-22-18-14-10-6-2/h59-62,75-77,106-109H,5-58,63-74H2,1-4H3,(H,91,110)(H,92,111)(H,93,113)(H,94,114)(H,95,115)(H,96,116)(H,97,117)(H,98,118)(H,103,112)(H,104,119)(H4,89,90,105)/b99-59+,100-60+,101-61+,102-62+/t75-,76-,77-/m0/s1. The highest BCUT2D eigenvalue weighted by Gasteiger charge is 2.29. The normalized spacial score (nSPS) is 12.1. The van der Waals surface area contributed by atoms with Crippen molar-refractivity contribution in [3.05, 3.63) is 0 Å². The van der Waals surface area contributed by atoms with Crippen LogP contribution in [0.3, 0.4) is 0 Å². The van der Waals surface area contributed by atoms with Crippen molar-refractivity contribution >= 4 is 89.9 Å². The summed E-state index contributed by atoms with van der Waals surface area (Å²) in [6.07, 6.45) is 62.5. The highest BCUT2D eigenvalue weighted by atomic mass is 16.7. The second-order valence-electron chi connectivity index (χ2n) is 31.6. The van der Waals surface area contributed by atoms with Crippen molar-refractivity contribution in [1.29, 1.82) is 0 Å². The summed E-state index contributed by atoms with van der Waals surface area (Å²) >= 11 is 0. The summed E-state index contributed by atoms with van der Waals surface area (Å²) in [6, 6.07) is -4.23. The Labute approximate surface area is 737 Å². The van der Waals surface area contributed by atoms with Crippen LogP contribution in [0.2, 0.25) is 0 Å². The van der Waals surface area contributed by atoms with Crippen LogP contribution in [0.4, 0.5) is 0 Å². The fourth-order valence-electron chi connectivity index (χ4n) is 13.1. The molecule has 18 N–H and O–H groups in total. The van der Waals surface area contributed by atoms with Crippen LogP contribution in [0, 0.1) is 0 Å². The number of amides is 10. The maximum Gasteiger partial charge on any atom is 0.248 e. The van der Waals surface area contributed by atoms with Gasteiger partial charge in [0.2, 0.25) is 59.1 Å². The average molecular weight is 1750 g/mol. The fraction of sp³-hybridized carbons (Fsp3) is 0.830. The first-order valence-corrected chi connectivity index (χ1v) is 47.4. The number of hydrogen-bond donors (Lipinski definition) is 16. The van der Waals surface area contributed by atoms with E-state index in [2.05, 4.69) is 129 Å². The van der Waals surface area contributed by atoms with E-state index in [4.69, 9.17) is 30.8 Å². The van der Waals surface area contributed by atoms with Crippen LogP contribution < -0.4 is 87.0 Å². The highest BCUT2D eigenvalue weighted by molar-refractivity contribution is 5.93. The predicted molar refractivity (Wildman–Crippen MR) is 490 cm³/mol. The number of carbonyl (C=O) groups is 10. The molecule has 0 spiro atoms. The number of guanidine groups is 1. The van der Waals surface area contributed by atoms with E-state index in [-0.39, 0.29) is 104 Å². The van der Waals surface area contributed by atoms with Gasteiger partial charge >= 0.3 is 0 Å². The summed E-state index contributed by atoms with van der Waals surface area (Å²) in [5.74, 6) is -6.72. The zero-order valence-electron chi connectivity index (χ0n) is 76.3. The maximum absolute atomic E-state index is 14.2. The Kier molecular flexibility index (Phi) is 83.9. The lowest BCUT2D eigenvalue weighted by Crippen LogP contribution is -2.51. The Bertz CT molecular complexity index is 2790. The molecule has 0 heterocycles. The Hall–Kier alpha value is -8.31. The molecule has 0 unspecified atom stereocenters. The zero-order valence-corrected chi connectivity index (χ0v) is 76.3. The van der Waals surface area contributed by atoms with E-state index < -0.39 is 96.2 Å². The Morgan fingerprint density at radius 2 is 0.480 bits per heavy atom. The van der Waals surface area contributed by atoms with Gasteiger partial charge in [0.1, 0.15) is 18.1 Å². The first kappa shape index (κ1) is 115. The first-order valence-electron chi connectivity index (χ1n) is 47.4. The Morgan fingerprint density at radius 1 is 0.260 bits per heavy atom. The molecule has 0 aromatic rings. The molecule has 0 bridgehead atoms. The van der Waals surface area contributed by atoms with Crippen LogP contribution >= 0.6 is 0 Å². The lowest BCUT2D eigenvalue weighted by molar-refractivity contribution is -0.131. The maximum atomic E-state index is 14.2. The minimum atomic E-state index is -1.50. The van der Waals surface area contributed by atoms with Crippen LogP contribution in [-0.2, 0) is 67.3 Å². The van der Waals surface area contributed by atoms with E-state index in [0.717, 1.165) is 77.0 Å². The molecule has 0 rings (SSSR count). The summed E-state index contributed by atoms with van der Waals surface area (Å²) in [7, 11) is 0. The summed E-state index contributed by atoms with van der Waals surface area (Å²) in [5.41, 5.74) is 21.2. The predicted octanol–water partition coefficient (Wildman–Crippen LogP) is 10.7. The third-order valence-electron chi connectivity index (χ3n) is 20.3. The molecule has 0 saturated carbocycles. The van der Waals surface area contributed by atoms with Gasteiger partial charge in [0.25, 0.3) is 0 Å². The van der Waals surface area contributed by atoms with E-state index in [0.29, 0.717) is 0 Å². The molecule has 0 aliphatic carbocycles. The quantitative estimate of drug-likeness (QED) is 0.0116. The van der Waals surface area contributed by atoms with E-state index in [9.17, 15) is 47.9 Å². The average Bonchev–Trinajstić information content (AvgIpc) is 0.887. The van der Waals surface area contributed by atoms with Gasteiger partial charge in [-0.2, -0.15) is 42.8 Å². The first-order chi connectivity index (χ1) is 60.1. The molecule has 0 radical (unpaired) electrons. The van der Waals surface area contributed by atoms with Crippen LogP contribution in [0.5, 0.6) is 0 Å². The monoisotopic (exact) mass is 1740 g/mol. The second-order valence-corrected chi connectivity index (χ2v) is 31.6. The van der Waals surface area contributed by atoms with Gasteiger partial charge in [-0.3, -0.25) is 47.9 Å². The third kappa shape index (κ3) is 83.0. The van der Waals surface area contributed by atoms with Crippen molar-refractivity contribution in [3.8, 4) is 0 Å². The number of aliphatic imine (C=N–C) groups is 1. The number of carbonyl (C=O) groups excluding carboxylic acids is 10. The molecule has 0 saturated heterocycles. The van der Waals surface area contributed by atoms with Crippen LogP contribution in [-0.4, -0.2) is 187 Å². The molecule has 0 aliphatic heterocycles. The third-order valence-corrected chi connectivity index (χ3v) is 20.3. The number of nitrogens with two attached hydrogens (primary N) is 2. The van der Waals surface area contributed by atoms with Gasteiger partial charge in [-0.25, -0.2) is 24.3 Å². The number of nitrogens with one attached hydrogen (secondary N) is 14. The number of hydrazone groups is 4. The minimum Gasteiger partial charge on any atom is -0.370 e. The van der Waals surface area contributed by atoms with E-state index in [1.807, 2.05) is 0 Å².